The van der Waals surface area contributed by atoms with Gasteiger partial charge >= 0.3 is 0 Å². The van der Waals surface area contributed by atoms with Crippen LogP contribution in [0.25, 0.3) is 0 Å². The highest BCUT2D eigenvalue weighted by Crippen LogP contribution is 2.61. The molecule has 5 rings (SSSR count). The summed E-state index contributed by atoms with van der Waals surface area (Å²) >= 11 is 4.84. The van der Waals surface area contributed by atoms with Crippen molar-refractivity contribution < 1.29 is 5.11 Å². The van der Waals surface area contributed by atoms with E-state index in [0.29, 0.717) is 5.41 Å². The average molecular weight is 333 g/mol. The molecule has 3 N–H and O–H groups in total. The van der Waals surface area contributed by atoms with Gasteiger partial charge in [0.25, 0.3) is 5.56 Å². The summed E-state index contributed by atoms with van der Waals surface area (Å²) in [4.78, 5) is 21.7. The first kappa shape index (κ1) is 15.1. The number of aromatic hydroxyl groups is 1. The molecule has 1 heterocycles. The standard InChI is InChI=1S/C17H23N3O2S/c1-9(18-8-13-14(21)19-16(23)20-15(13)22)17-5-10-2-11(6-17)4-12(3-10)7-17/h8-12H,2-7H2,1H3,(H3,19,20,21,22,23)/t9-,10?,11?,12?,17?/m1/s1. The van der Waals surface area contributed by atoms with Gasteiger partial charge in [0.05, 0.1) is 6.04 Å². The number of hydrogen-bond donors (Lipinski definition) is 3. The van der Waals surface area contributed by atoms with Crippen molar-refractivity contribution in [1.82, 2.24) is 9.97 Å². The number of aliphatic imine (C=N–C) groups is 1. The van der Waals surface area contributed by atoms with E-state index in [1.54, 1.807) is 0 Å². The van der Waals surface area contributed by atoms with Gasteiger partial charge in [0, 0.05) is 6.21 Å². The second-order valence-corrected chi connectivity index (χ2v) is 8.31. The Balaban J connectivity index is 1.60. The summed E-state index contributed by atoms with van der Waals surface area (Å²) in [6, 6.07) is 0.179. The van der Waals surface area contributed by atoms with Crippen LogP contribution in [0.1, 0.15) is 51.0 Å². The lowest BCUT2D eigenvalue weighted by Gasteiger charge is -2.58. The number of H-pyrrole nitrogens is 2. The van der Waals surface area contributed by atoms with Gasteiger partial charge in [0.15, 0.2) is 4.77 Å². The molecule has 0 aliphatic heterocycles. The van der Waals surface area contributed by atoms with E-state index in [0.717, 1.165) is 17.8 Å². The molecule has 0 unspecified atom stereocenters. The van der Waals surface area contributed by atoms with Crippen molar-refractivity contribution >= 4 is 18.4 Å². The molecule has 5 nitrogen and oxygen atoms in total. The molecular formula is C17H23N3O2S. The third-order valence-electron chi connectivity index (χ3n) is 6.36. The van der Waals surface area contributed by atoms with Crippen LogP contribution in [0.3, 0.4) is 0 Å². The Bertz CT molecular complexity index is 729. The first-order valence-corrected chi connectivity index (χ1v) is 8.95. The Morgan fingerprint density at radius 3 is 2.30 bits per heavy atom. The molecular weight excluding hydrogens is 310 g/mol. The third kappa shape index (κ3) is 2.57. The van der Waals surface area contributed by atoms with Crippen molar-refractivity contribution in [2.24, 2.45) is 28.2 Å². The smallest absolute Gasteiger partial charge is 0.264 e. The second-order valence-electron chi connectivity index (χ2n) is 7.90. The number of aromatic nitrogens is 2. The zero-order valence-corrected chi connectivity index (χ0v) is 14.2. The van der Waals surface area contributed by atoms with Crippen LogP contribution < -0.4 is 5.56 Å². The fraction of sp³-hybridized carbons (Fsp3) is 0.706. The van der Waals surface area contributed by atoms with Gasteiger partial charge < -0.3 is 10.1 Å². The number of nitrogens with one attached hydrogen (secondary N) is 2. The number of aromatic amines is 2. The molecule has 0 saturated heterocycles. The van der Waals surface area contributed by atoms with Crippen LogP contribution >= 0.6 is 12.2 Å². The normalized spacial score (nSPS) is 36.7. The van der Waals surface area contributed by atoms with E-state index in [-0.39, 0.29) is 22.3 Å². The predicted molar refractivity (Wildman–Crippen MR) is 91.6 cm³/mol. The second kappa shape index (κ2) is 5.30. The van der Waals surface area contributed by atoms with Crippen LogP contribution in [0.4, 0.5) is 0 Å². The van der Waals surface area contributed by atoms with Gasteiger partial charge in [-0.05, 0) is 80.8 Å². The quantitative estimate of drug-likeness (QED) is 0.587. The minimum atomic E-state index is -0.396. The Labute approximate surface area is 140 Å². The topological polar surface area (TPSA) is 81.2 Å². The summed E-state index contributed by atoms with van der Waals surface area (Å²) in [5.41, 5.74) is 0.0675. The van der Waals surface area contributed by atoms with E-state index < -0.39 is 5.56 Å². The molecule has 124 valence electrons. The van der Waals surface area contributed by atoms with Crippen LogP contribution in [-0.4, -0.2) is 27.3 Å². The van der Waals surface area contributed by atoms with Gasteiger partial charge in [0.2, 0.25) is 5.88 Å². The number of nitrogens with zero attached hydrogens (tertiary/aromatic N) is 1. The minimum Gasteiger partial charge on any atom is -0.494 e. The molecule has 4 bridgehead atoms. The first-order valence-electron chi connectivity index (χ1n) is 8.54. The van der Waals surface area contributed by atoms with Crippen molar-refractivity contribution in [3.8, 4) is 5.88 Å². The zero-order chi connectivity index (χ0) is 16.2. The van der Waals surface area contributed by atoms with E-state index in [2.05, 4.69) is 21.9 Å². The Kier molecular flexibility index (Phi) is 3.48. The van der Waals surface area contributed by atoms with Crippen LogP contribution in [0.5, 0.6) is 5.88 Å². The highest BCUT2D eigenvalue weighted by Gasteiger charge is 2.53. The number of rotatable bonds is 3. The van der Waals surface area contributed by atoms with Gasteiger partial charge in [0.1, 0.15) is 5.56 Å². The molecule has 1 atom stereocenters. The van der Waals surface area contributed by atoms with Gasteiger partial charge in [-0.15, -0.1) is 0 Å². The summed E-state index contributed by atoms with van der Waals surface area (Å²) in [7, 11) is 0. The van der Waals surface area contributed by atoms with E-state index in [1.807, 2.05) is 0 Å². The van der Waals surface area contributed by atoms with Crippen molar-refractivity contribution in [3.63, 3.8) is 0 Å². The Morgan fingerprint density at radius 2 is 1.78 bits per heavy atom. The first-order chi connectivity index (χ1) is 10.9. The summed E-state index contributed by atoms with van der Waals surface area (Å²) in [6.07, 6.45) is 9.57. The molecule has 6 heteroatoms. The van der Waals surface area contributed by atoms with Gasteiger partial charge in [-0.25, -0.2) is 0 Å². The Hall–Kier alpha value is -1.43. The SMILES string of the molecule is C[C@@H](N=Cc1c(O)[nH]c(=S)[nH]c1=O)C12CC3CC(CC(C3)C1)C2. The molecule has 4 fully saturated rings. The molecule has 4 aliphatic carbocycles. The molecule has 0 radical (unpaired) electrons. The maximum Gasteiger partial charge on any atom is 0.264 e. The van der Waals surface area contributed by atoms with Gasteiger partial charge in [-0.1, -0.05) is 0 Å². The molecule has 0 aromatic carbocycles. The molecule has 23 heavy (non-hydrogen) atoms. The largest absolute Gasteiger partial charge is 0.494 e. The van der Waals surface area contributed by atoms with E-state index in [9.17, 15) is 9.90 Å². The molecule has 0 spiro atoms. The molecule has 1 aromatic rings. The average Bonchev–Trinajstić information content (AvgIpc) is 2.44. The molecule has 4 aliphatic rings. The lowest BCUT2D eigenvalue weighted by Crippen LogP contribution is -2.50. The fourth-order valence-corrected chi connectivity index (χ4v) is 5.83. The Morgan fingerprint density at radius 1 is 1.22 bits per heavy atom. The zero-order valence-electron chi connectivity index (χ0n) is 13.3. The molecule has 0 amide bonds. The minimum absolute atomic E-state index is 0.124. The van der Waals surface area contributed by atoms with Crippen molar-refractivity contribution in [3.05, 3.63) is 20.7 Å². The van der Waals surface area contributed by atoms with Gasteiger partial charge in [-0.2, -0.15) is 0 Å². The van der Waals surface area contributed by atoms with Crippen LogP contribution in [-0.2, 0) is 0 Å². The van der Waals surface area contributed by atoms with Crippen molar-refractivity contribution in [1.29, 1.82) is 0 Å². The fourth-order valence-electron chi connectivity index (χ4n) is 5.64. The summed E-state index contributed by atoms with van der Waals surface area (Å²) in [5, 5.41) is 9.89. The summed E-state index contributed by atoms with van der Waals surface area (Å²) in [6.45, 7) is 2.17. The van der Waals surface area contributed by atoms with E-state index in [4.69, 9.17) is 12.2 Å². The van der Waals surface area contributed by atoms with Gasteiger partial charge in [-0.3, -0.25) is 14.8 Å². The summed E-state index contributed by atoms with van der Waals surface area (Å²) in [5.74, 6) is 2.43. The van der Waals surface area contributed by atoms with E-state index in [1.165, 1.54) is 44.7 Å². The maximum atomic E-state index is 11.9. The summed E-state index contributed by atoms with van der Waals surface area (Å²) < 4.78 is 0.124. The molecule has 4 saturated carbocycles. The lowest BCUT2D eigenvalue weighted by molar-refractivity contribution is -0.0632. The number of hydrogen-bond acceptors (Lipinski definition) is 4. The van der Waals surface area contributed by atoms with E-state index >= 15 is 0 Å². The highest BCUT2D eigenvalue weighted by atomic mass is 32.1. The van der Waals surface area contributed by atoms with Crippen molar-refractivity contribution in [2.75, 3.05) is 0 Å². The highest BCUT2D eigenvalue weighted by molar-refractivity contribution is 7.71. The van der Waals surface area contributed by atoms with Crippen molar-refractivity contribution in [2.45, 2.75) is 51.5 Å². The lowest BCUT2D eigenvalue weighted by atomic mass is 9.48. The monoisotopic (exact) mass is 333 g/mol. The van der Waals surface area contributed by atoms with Crippen LogP contribution in [0.2, 0.25) is 0 Å². The predicted octanol–water partition coefficient (Wildman–Crippen LogP) is 3.16. The molecule has 1 aromatic heterocycles. The van der Waals surface area contributed by atoms with Crippen LogP contribution in [0, 0.1) is 27.9 Å². The van der Waals surface area contributed by atoms with Crippen LogP contribution in [0.15, 0.2) is 9.79 Å². The maximum absolute atomic E-state index is 11.9. The third-order valence-corrected chi connectivity index (χ3v) is 6.56.